The Kier molecular flexibility index (Phi) is 3.12. The molecule has 2 aromatic heterocycles. The van der Waals surface area contributed by atoms with Gasteiger partial charge in [-0.25, -0.2) is 9.97 Å². The maximum Gasteiger partial charge on any atom is 0.267 e. The minimum atomic E-state index is -4.28. The summed E-state index contributed by atoms with van der Waals surface area (Å²) in [5.74, 6) is -3.47. The lowest BCUT2D eigenvalue weighted by Crippen LogP contribution is -2.08. The number of aliphatic hydroxyl groups excluding tert-OH is 2. The van der Waals surface area contributed by atoms with Crippen LogP contribution in [0.25, 0.3) is 0 Å². The Bertz CT molecular complexity index is 467. The predicted molar refractivity (Wildman–Crippen MR) is 56.9 cm³/mol. The second-order valence-corrected chi connectivity index (χ2v) is 5.76. The van der Waals surface area contributed by atoms with Gasteiger partial charge in [0.25, 0.3) is 7.37 Å². The molecule has 0 bridgehead atoms. The summed E-state index contributed by atoms with van der Waals surface area (Å²) in [6, 6.07) is 0. The van der Waals surface area contributed by atoms with E-state index in [2.05, 4.69) is 19.9 Å². The largest absolute Gasteiger partial charge is 0.377 e. The summed E-state index contributed by atoms with van der Waals surface area (Å²) in [6.45, 7) is 0. The molecule has 0 aliphatic carbocycles. The van der Waals surface area contributed by atoms with E-state index in [-0.39, 0.29) is 11.4 Å². The molecular weight excluding hydrogens is 247 g/mol. The van der Waals surface area contributed by atoms with Gasteiger partial charge in [0, 0.05) is 0 Å². The summed E-state index contributed by atoms with van der Waals surface area (Å²) in [7, 11) is -4.28. The molecule has 0 spiro atoms. The van der Waals surface area contributed by atoms with Crippen LogP contribution in [-0.2, 0) is 4.57 Å². The van der Waals surface area contributed by atoms with Gasteiger partial charge in [-0.3, -0.25) is 4.57 Å². The number of H-pyrrole nitrogens is 2. The van der Waals surface area contributed by atoms with Crippen molar-refractivity contribution < 1.29 is 19.7 Å². The fraction of sp³-hybridized carbons (Fsp3) is 0.250. The highest BCUT2D eigenvalue weighted by atomic mass is 31.2. The van der Waals surface area contributed by atoms with Crippen molar-refractivity contribution in [2.75, 3.05) is 0 Å². The lowest BCUT2D eigenvalue weighted by atomic mass is 10.5. The van der Waals surface area contributed by atoms with Crippen LogP contribution in [0.3, 0.4) is 0 Å². The van der Waals surface area contributed by atoms with E-state index >= 15 is 0 Å². The van der Waals surface area contributed by atoms with Gasteiger partial charge < -0.3 is 25.1 Å². The average Bonchev–Trinajstić information content (AvgIpc) is 2.99. The van der Waals surface area contributed by atoms with Crippen LogP contribution >= 0.6 is 7.37 Å². The molecule has 0 fully saturated rings. The molecule has 5 N–H and O–H groups in total. The minimum Gasteiger partial charge on any atom is -0.377 e. The number of aromatic nitrogens is 4. The highest BCUT2D eigenvalue weighted by Gasteiger charge is 2.40. The Labute approximate surface area is 95.8 Å². The van der Waals surface area contributed by atoms with Gasteiger partial charge in [0.2, 0.25) is 0 Å². The van der Waals surface area contributed by atoms with E-state index in [1.54, 1.807) is 0 Å². The van der Waals surface area contributed by atoms with Gasteiger partial charge in [-0.2, -0.15) is 0 Å². The van der Waals surface area contributed by atoms with Gasteiger partial charge in [-0.05, 0) is 0 Å². The SMILES string of the molecule is O=P(O)(C(O)c1cnc[nH]1)C(O)c1cnc[nH]1. The first kappa shape index (κ1) is 12.0. The van der Waals surface area contributed by atoms with E-state index in [0.717, 1.165) is 0 Å². The second kappa shape index (κ2) is 4.42. The Morgan fingerprint density at radius 1 is 1.06 bits per heavy atom. The molecule has 0 aliphatic rings. The third-order valence-corrected chi connectivity index (χ3v) is 4.25. The first-order valence-electron chi connectivity index (χ1n) is 4.68. The van der Waals surface area contributed by atoms with Gasteiger partial charge in [-0.1, -0.05) is 0 Å². The van der Waals surface area contributed by atoms with Crippen LogP contribution in [0, 0.1) is 0 Å². The molecular formula is C8H11N4O4P. The number of imidazole rings is 2. The molecule has 2 heterocycles. The maximum absolute atomic E-state index is 12.0. The molecule has 92 valence electrons. The van der Waals surface area contributed by atoms with Crippen molar-refractivity contribution in [3.63, 3.8) is 0 Å². The number of nitrogens with one attached hydrogen (secondary N) is 2. The summed E-state index contributed by atoms with van der Waals surface area (Å²) >= 11 is 0. The summed E-state index contributed by atoms with van der Waals surface area (Å²) in [4.78, 5) is 22.0. The number of hydrogen-bond donors (Lipinski definition) is 5. The molecule has 2 aromatic rings. The number of aromatic amines is 2. The van der Waals surface area contributed by atoms with Crippen molar-refractivity contribution in [2.45, 2.75) is 11.7 Å². The van der Waals surface area contributed by atoms with E-state index in [9.17, 15) is 19.7 Å². The first-order valence-corrected chi connectivity index (χ1v) is 6.48. The quantitative estimate of drug-likeness (QED) is 0.493. The van der Waals surface area contributed by atoms with Gasteiger partial charge in [0.15, 0.2) is 11.7 Å². The Hall–Kier alpha value is -1.47. The lowest BCUT2D eigenvalue weighted by molar-refractivity contribution is 0.182. The van der Waals surface area contributed by atoms with E-state index in [1.165, 1.54) is 25.0 Å². The normalized spacial score (nSPS) is 18.5. The van der Waals surface area contributed by atoms with Gasteiger partial charge in [-0.15, -0.1) is 0 Å². The maximum atomic E-state index is 12.0. The van der Waals surface area contributed by atoms with Crippen molar-refractivity contribution in [3.05, 3.63) is 36.4 Å². The van der Waals surface area contributed by atoms with Crippen LogP contribution in [0.5, 0.6) is 0 Å². The van der Waals surface area contributed by atoms with Crippen LogP contribution < -0.4 is 0 Å². The molecule has 2 unspecified atom stereocenters. The molecule has 0 aliphatic heterocycles. The molecule has 0 saturated carbocycles. The highest BCUT2D eigenvalue weighted by Crippen LogP contribution is 2.62. The summed E-state index contributed by atoms with van der Waals surface area (Å²) < 4.78 is 12.0. The van der Waals surface area contributed by atoms with E-state index in [1.807, 2.05) is 0 Å². The van der Waals surface area contributed by atoms with Gasteiger partial charge in [0.05, 0.1) is 36.4 Å². The van der Waals surface area contributed by atoms with Crippen molar-refractivity contribution in [1.82, 2.24) is 19.9 Å². The summed E-state index contributed by atoms with van der Waals surface area (Å²) in [6.07, 6.45) is 4.96. The summed E-state index contributed by atoms with van der Waals surface area (Å²) in [5.41, 5.74) is 0.129. The van der Waals surface area contributed by atoms with E-state index < -0.39 is 19.1 Å². The lowest BCUT2D eigenvalue weighted by Gasteiger charge is -2.21. The summed E-state index contributed by atoms with van der Waals surface area (Å²) in [5, 5.41) is 19.5. The van der Waals surface area contributed by atoms with Crippen molar-refractivity contribution >= 4 is 7.37 Å². The van der Waals surface area contributed by atoms with E-state index in [0.29, 0.717) is 0 Å². The molecule has 9 heteroatoms. The van der Waals surface area contributed by atoms with Crippen LogP contribution in [-0.4, -0.2) is 35.0 Å². The van der Waals surface area contributed by atoms with Crippen LogP contribution in [0.1, 0.15) is 23.1 Å². The molecule has 0 saturated heterocycles. The monoisotopic (exact) mass is 258 g/mol. The van der Waals surface area contributed by atoms with Crippen LogP contribution in [0.15, 0.2) is 25.0 Å². The third-order valence-electron chi connectivity index (χ3n) is 2.30. The zero-order valence-corrected chi connectivity index (χ0v) is 9.45. The number of hydrogen-bond acceptors (Lipinski definition) is 5. The molecule has 0 aromatic carbocycles. The second-order valence-electron chi connectivity index (χ2n) is 3.43. The van der Waals surface area contributed by atoms with Crippen molar-refractivity contribution in [1.29, 1.82) is 0 Å². The first-order chi connectivity index (χ1) is 8.03. The van der Waals surface area contributed by atoms with Gasteiger partial charge >= 0.3 is 0 Å². The molecule has 8 nitrogen and oxygen atoms in total. The van der Waals surface area contributed by atoms with Gasteiger partial charge in [0.1, 0.15) is 0 Å². The minimum absolute atomic E-state index is 0.0643. The smallest absolute Gasteiger partial charge is 0.267 e. The van der Waals surface area contributed by atoms with Crippen LogP contribution in [0.2, 0.25) is 0 Å². The molecule has 0 amide bonds. The Morgan fingerprint density at radius 2 is 1.47 bits per heavy atom. The molecule has 2 atom stereocenters. The average molecular weight is 258 g/mol. The molecule has 0 radical (unpaired) electrons. The topological polar surface area (TPSA) is 135 Å². The number of aliphatic hydroxyl groups is 2. The van der Waals surface area contributed by atoms with Crippen LogP contribution in [0.4, 0.5) is 0 Å². The third kappa shape index (κ3) is 2.16. The zero-order chi connectivity index (χ0) is 12.5. The Morgan fingerprint density at radius 3 is 1.76 bits per heavy atom. The molecule has 17 heavy (non-hydrogen) atoms. The molecule has 2 rings (SSSR count). The zero-order valence-electron chi connectivity index (χ0n) is 8.56. The standard InChI is InChI=1S/C8H11N4O4P/c13-7(5-1-9-3-11-5)17(15,16)8(14)6-2-10-4-12-6/h1-4,7-8,13-14H,(H,9,11)(H,10,12)(H,15,16). The fourth-order valence-corrected chi connectivity index (χ4v) is 2.70. The highest BCUT2D eigenvalue weighted by molar-refractivity contribution is 7.58. The number of rotatable bonds is 4. The number of nitrogens with zero attached hydrogens (tertiary/aromatic N) is 2. The van der Waals surface area contributed by atoms with Crippen molar-refractivity contribution in [2.24, 2.45) is 0 Å². The fourth-order valence-electron chi connectivity index (χ4n) is 1.35. The van der Waals surface area contributed by atoms with Crippen molar-refractivity contribution in [3.8, 4) is 0 Å². The Balaban J connectivity index is 2.27. The van der Waals surface area contributed by atoms with E-state index in [4.69, 9.17) is 0 Å². The predicted octanol–water partition coefficient (Wildman–Crippen LogP) is 0.0852.